The number of rotatable bonds is 4. The predicted octanol–water partition coefficient (Wildman–Crippen LogP) is 4.90. The lowest BCUT2D eigenvalue weighted by molar-refractivity contribution is 0.405. The average Bonchev–Trinajstić information content (AvgIpc) is 2.43. The summed E-state index contributed by atoms with van der Waals surface area (Å²) in [6, 6.07) is 10.6. The number of nitrogens with two attached hydrogens (primary N) is 1. The van der Waals surface area contributed by atoms with Crippen LogP contribution in [-0.2, 0) is 6.42 Å². The van der Waals surface area contributed by atoms with Crippen LogP contribution in [0.2, 0.25) is 15.1 Å². The second-order valence-corrected chi connectivity index (χ2v) is 5.63. The summed E-state index contributed by atoms with van der Waals surface area (Å²) in [7, 11) is 1.60. The van der Waals surface area contributed by atoms with Crippen molar-refractivity contribution in [3.8, 4) is 5.75 Å². The van der Waals surface area contributed by atoms with Crippen molar-refractivity contribution in [1.82, 2.24) is 0 Å². The van der Waals surface area contributed by atoms with Gasteiger partial charge in [0.25, 0.3) is 0 Å². The third kappa shape index (κ3) is 3.39. The highest BCUT2D eigenvalue weighted by Gasteiger charge is 2.15. The van der Waals surface area contributed by atoms with Crippen LogP contribution < -0.4 is 10.5 Å². The van der Waals surface area contributed by atoms with Gasteiger partial charge in [-0.05, 0) is 36.2 Å². The van der Waals surface area contributed by atoms with Crippen molar-refractivity contribution in [2.75, 3.05) is 7.11 Å². The smallest absolute Gasteiger partial charge is 0.123 e. The summed E-state index contributed by atoms with van der Waals surface area (Å²) in [6.07, 6.45) is 0.552. The van der Waals surface area contributed by atoms with Crippen LogP contribution in [0, 0.1) is 0 Å². The largest absolute Gasteiger partial charge is 0.496 e. The molecule has 5 heteroatoms. The highest BCUT2D eigenvalue weighted by molar-refractivity contribution is 6.42. The molecule has 0 amide bonds. The van der Waals surface area contributed by atoms with E-state index in [1.54, 1.807) is 25.3 Å². The van der Waals surface area contributed by atoms with Gasteiger partial charge in [-0.1, -0.05) is 46.9 Å². The van der Waals surface area contributed by atoms with Crippen LogP contribution >= 0.6 is 34.8 Å². The first-order valence-corrected chi connectivity index (χ1v) is 7.18. The minimum Gasteiger partial charge on any atom is -0.496 e. The van der Waals surface area contributed by atoms with Crippen molar-refractivity contribution >= 4 is 34.8 Å². The minimum atomic E-state index is -0.278. The standard InChI is InChI=1S/C15H14Cl3NO/c1-20-14-6-5-10(16)8-11(14)13(19)7-9-3-2-4-12(17)15(9)18/h2-6,8,13H,7,19H2,1H3. The summed E-state index contributed by atoms with van der Waals surface area (Å²) in [5, 5.41) is 1.67. The van der Waals surface area contributed by atoms with Crippen molar-refractivity contribution in [3.05, 3.63) is 62.6 Å². The SMILES string of the molecule is COc1ccc(Cl)cc1C(N)Cc1cccc(Cl)c1Cl. The van der Waals surface area contributed by atoms with Gasteiger partial charge >= 0.3 is 0 Å². The van der Waals surface area contributed by atoms with E-state index in [-0.39, 0.29) is 6.04 Å². The monoisotopic (exact) mass is 329 g/mol. The first-order valence-electron chi connectivity index (χ1n) is 6.05. The Kier molecular flexibility index (Phi) is 5.17. The van der Waals surface area contributed by atoms with Crippen molar-refractivity contribution < 1.29 is 4.74 Å². The second kappa shape index (κ2) is 6.68. The maximum atomic E-state index is 6.25. The number of hydrogen-bond donors (Lipinski definition) is 1. The minimum absolute atomic E-state index is 0.278. The van der Waals surface area contributed by atoms with E-state index in [4.69, 9.17) is 45.3 Å². The third-order valence-electron chi connectivity index (χ3n) is 3.06. The van der Waals surface area contributed by atoms with Crippen LogP contribution in [0.1, 0.15) is 17.2 Å². The normalized spacial score (nSPS) is 12.2. The lowest BCUT2D eigenvalue weighted by atomic mass is 9.99. The van der Waals surface area contributed by atoms with Gasteiger partial charge < -0.3 is 10.5 Å². The van der Waals surface area contributed by atoms with E-state index in [0.717, 1.165) is 11.1 Å². The molecule has 0 saturated heterocycles. The topological polar surface area (TPSA) is 35.2 Å². The van der Waals surface area contributed by atoms with E-state index in [2.05, 4.69) is 0 Å². The first-order chi connectivity index (χ1) is 9.52. The van der Waals surface area contributed by atoms with Crippen molar-refractivity contribution in [1.29, 1.82) is 0 Å². The molecule has 0 fully saturated rings. The molecule has 0 heterocycles. The molecule has 0 aliphatic carbocycles. The summed E-state index contributed by atoms with van der Waals surface area (Å²) >= 11 is 18.2. The van der Waals surface area contributed by atoms with Gasteiger partial charge in [0.2, 0.25) is 0 Å². The number of ether oxygens (including phenoxy) is 1. The molecule has 1 atom stereocenters. The van der Waals surface area contributed by atoms with Gasteiger partial charge in [0.15, 0.2) is 0 Å². The number of methoxy groups -OCH3 is 1. The van der Waals surface area contributed by atoms with E-state index >= 15 is 0 Å². The number of hydrogen-bond acceptors (Lipinski definition) is 2. The fraction of sp³-hybridized carbons (Fsp3) is 0.200. The maximum absolute atomic E-state index is 6.25. The Labute approximate surface area is 133 Å². The molecule has 1 unspecified atom stereocenters. The van der Waals surface area contributed by atoms with Gasteiger partial charge in [0, 0.05) is 16.6 Å². The van der Waals surface area contributed by atoms with E-state index in [9.17, 15) is 0 Å². The Morgan fingerprint density at radius 2 is 1.90 bits per heavy atom. The molecule has 2 aromatic carbocycles. The molecule has 0 aliphatic rings. The highest BCUT2D eigenvalue weighted by Crippen LogP contribution is 2.32. The van der Waals surface area contributed by atoms with Gasteiger partial charge in [-0.3, -0.25) is 0 Å². The van der Waals surface area contributed by atoms with Gasteiger partial charge in [0.05, 0.1) is 17.2 Å². The molecule has 2 N–H and O–H groups in total. The summed E-state index contributed by atoms with van der Waals surface area (Å²) in [4.78, 5) is 0. The Balaban J connectivity index is 2.30. The summed E-state index contributed by atoms with van der Waals surface area (Å²) in [5.41, 5.74) is 7.99. The molecule has 0 aliphatic heterocycles. The fourth-order valence-corrected chi connectivity index (χ4v) is 2.63. The zero-order valence-electron chi connectivity index (χ0n) is 10.9. The van der Waals surface area contributed by atoms with Crippen LogP contribution in [0.5, 0.6) is 5.75 Å². The third-order valence-corrected chi connectivity index (χ3v) is 4.16. The summed E-state index contributed by atoms with van der Waals surface area (Å²) in [6.45, 7) is 0. The lowest BCUT2D eigenvalue weighted by Gasteiger charge is -2.17. The molecule has 2 nitrogen and oxygen atoms in total. The van der Waals surface area contributed by atoms with Crippen LogP contribution in [0.25, 0.3) is 0 Å². The van der Waals surface area contributed by atoms with Crippen LogP contribution in [0.3, 0.4) is 0 Å². The molecular weight excluding hydrogens is 317 g/mol. The summed E-state index contributed by atoms with van der Waals surface area (Å²) in [5.74, 6) is 0.708. The molecular formula is C15H14Cl3NO. The maximum Gasteiger partial charge on any atom is 0.123 e. The zero-order chi connectivity index (χ0) is 14.7. The molecule has 0 bridgehead atoms. The van der Waals surface area contributed by atoms with Crippen molar-refractivity contribution in [2.24, 2.45) is 5.73 Å². The molecule has 106 valence electrons. The lowest BCUT2D eigenvalue weighted by Crippen LogP contribution is -2.14. The van der Waals surface area contributed by atoms with Gasteiger partial charge in [-0.2, -0.15) is 0 Å². The van der Waals surface area contributed by atoms with E-state index < -0.39 is 0 Å². The fourth-order valence-electron chi connectivity index (χ4n) is 2.05. The van der Waals surface area contributed by atoms with Gasteiger partial charge in [-0.25, -0.2) is 0 Å². The van der Waals surface area contributed by atoms with Gasteiger partial charge in [-0.15, -0.1) is 0 Å². The Morgan fingerprint density at radius 1 is 1.15 bits per heavy atom. The van der Waals surface area contributed by atoms with Crippen LogP contribution in [-0.4, -0.2) is 7.11 Å². The molecule has 0 aromatic heterocycles. The van der Waals surface area contributed by atoms with Crippen molar-refractivity contribution in [2.45, 2.75) is 12.5 Å². The quantitative estimate of drug-likeness (QED) is 0.865. The molecule has 2 rings (SSSR count). The first kappa shape index (κ1) is 15.5. The molecule has 0 spiro atoms. The average molecular weight is 331 g/mol. The molecule has 0 radical (unpaired) electrons. The Bertz CT molecular complexity index is 616. The second-order valence-electron chi connectivity index (χ2n) is 4.41. The van der Waals surface area contributed by atoms with Gasteiger partial charge in [0.1, 0.15) is 5.75 Å². The number of halogens is 3. The molecule has 0 saturated carbocycles. The number of benzene rings is 2. The van der Waals surface area contributed by atoms with E-state index in [0.29, 0.717) is 27.2 Å². The van der Waals surface area contributed by atoms with Crippen molar-refractivity contribution in [3.63, 3.8) is 0 Å². The Hall–Kier alpha value is -0.930. The molecule has 2 aromatic rings. The zero-order valence-corrected chi connectivity index (χ0v) is 13.1. The van der Waals surface area contributed by atoms with E-state index in [1.807, 2.05) is 18.2 Å². The Morgan fingerprint density at radius 3 is 2.60 bits per heavy atom. The van der Waals surface area contributed by atoms with Crippen LogP contribution in [0.4, 0.5) is 0 Å². The summed E-state index contributed by atoms with van der Waals surface area (Å²) < 4.78 is 5.32. The van der Waals surface area contributed by atoms with E-state index in [1.165, 1.54) is 0 Å². The highest BCUT2D eigenvalue weighted by atomic mass is 35.5. The molecule has 20 heavy (non-hydrogen) atoms. The van der Waals surface area contributed by atoms with Crippen LogP contribution in [0.15, 0.2) is 36.4 Å². The predicted molar refractivity (Wildman–Crippen MR) is 85.1 cm³/mol.